The lowest BCUT2D eigenvalue weighted by atomic mass is 9.93. The Hall–Kier alpha value is -2.59. The fourth-order valence-corrected chi connectivity index (χ4v) is 5.39. The van der Waals surface area contributed by atoms with E-state index in [2.05, 4.69) is 14.9 Å². The van der Waals surface area contributed by atoms with Gasteiger partial charge in [0.1, 0.15) is 0 Å². The summed E-state index contributed by atoms with van der Waals surface area (Å²) in [6.45, 7) is 1.60. The predicted octanol–water partition coefficient (Wildman–Crippen LogP) is 3.09. The maximum Gasteiger partial charge on any atom is 0.257 e. The van der Waals surface area contributed by atoms with Crippen LogP contribution in [0.1, 0.15) is 36.0 Å². The lowest BCUT2D eigenvalue weighted by Crippen LogP contribution is -2.35. The van der Waals surface area contributed by atoms with Gasteiger partial charge in [-0.15, -0.1) is 0 Å². The minimum atomic E-state index is -3.46. The van der Waals surface area contributed by atoms with Crippen molar-refractivity contribution in [3.05, 3.63) is 48.0 Å². The number of benzene rings is 2. The van der Waals surface area contributed by atoms with Crippen molar-refractivity contribution in [2.45, 2.75) is 30.6 Å². The van der Waals surface area contributed by atoms with E-state index < -0.39 is 19.9 Å². The molecule has 0 bridgehead atoms. The van der Waals surface area contributed by atoms with Gasteiger partial charge in [0.05, 0.1) is 28.1 Å². The van der Waals surface area contributed by atoms with Crippen LogP contribution in [0.15, 0.2) is 47.4 Å². The molecule has 4 rings (SSSR count). The molecule has 0 atom stereocenters. The van der Waals surface area contributed by atoms with Gasteiger partial charge in [-0.1, -0.05) is 6.07 Å². The summed E-state index contributed by atoms with van der Waals surface area (Å²) in [6.07, 6.45) is 6.80. The summed E-state index contributed by atoms with van der Waals surface area (Å²) in [5, 5.41) is 2.78. The molecule has 1 heterocycles. The van der Waals surface area contributed by atoms with Gasteiger partial charge in [-0.3, -0.25) is 9.52 Å². The summed E-state index contributed by atoms with van der Waals surface area (Å²) in [7, 11) is -6.86. The summed E-state index contributed by atoms with van der Waals surface area (Å²) in [5.74, 6) is -0.386. The molecule has 0 aromatic heterocycles. The van der Waals surface area contributed by atoms with Crippen LogP contribution in [-0.4, -0.2) is 48.3 Å². The summed E-state index contributed by atoms with van der Waals surface area (Å²) in [6, 6.07) is 10.9. The minimum absolute atomic E-state index is 0.119. The third-order valence-corrected chi connectivity index (χ3v) is 7.90. The Morgan fingerprint density at radius 3 is 2.19 bits per heavy atom. The molecule has 1 aliphatic heterocycles. The largest absolute Gasteiger partial charge is 0.371 e. The van der Waals surface area contributed by atoms with Crippen molar-refractivity contribution < 1.29 is 21.6 Å². The Balaban J connectivity index is 1.63. The van der Waals surface area contributed by atoms with Crippen LogP contribution in [0.5, 0.6) is 0 Å². The van der Waals surface area contributed by atoms with Gasteiger partial charge in [-0.2, -0.15) is 0 Å². The zero-order valence-electron chi connectivity index (χ0n) is 18.1. The molecule has 1 aliphatic carbocycles. The van der Waals surface area contributed by atoms with E-state index in [1.807, 2.05) is 0 Å². The van der Waals surface area contributed by atoms with E-state index in [0.29, 0.717) is 28.0 Å². The summed E-state index contributed by atoms with van der Waals surface area (Å²) < 4.78 is 49.5. The second kappa shape index (κ2) is 8.08. The Morgan fingerprint density at radius 2 is 1.59 bits per heavy atom. The van der Waals surface area contributed by atoms with Gasteiger partial charge < -0.3 is 10.2 Å². The van der Waals surface area contributed by atoms with Crippen LogP contribution in [0.3, 0.4) is 0 Å². The number of sulfonamides is 1. The third-order valence-electron chi connectivity index (χ3n) is 6.19. The second-order valence-electron chi connectivity index (χ2n) is 8.85. The maximum absolute atomic E-state index is 13.1. The average molecular weight is 478 g/mol. The molecule has 2 aromatic carbocycles. The molecule has 0 unspecified atom stereocenters. The van der Waals surface area contributed by atoms with Crippen molar-refractivity contribution in [1.82, 2.24) is 0 Å². The van der Waals surface area contributed by atoms with Crippen LogP contribution >= 0.6 is 0 Å². The molecule has 2 aromatic rings. The zero-order valence-corrected chi connectivity index (χ0v) is 19.7. The normalized spacial score (nSPS) is 17.8. The van der Waals surface area contributed by atoms with Crippen LogP contribution < -0.4 is 14.9 Å². The Labute approximate surface area is 189 Å². The number of hydrogen-bond acceptors (Lipinski definition) is 6. The molecule has 2 N–H and O–H groups in total. The molecule has 0 radical (unpaired) electrons. The topological polar surface area (TPSA) is 113 Å². The summed E-state index contributed by atoms with van der Waals surface area (Å²) in [5.41, 5.74) is 2.28. The van der Waals surface area contributed by atoms with Crippen LogP contribution in [0.4, 0.5) is 17.1 Å². The highest BCUT2D eigenvalue weighted by Crippen LogP contribution is 2.54. The lowest BCUT2D eigenvalue weighted by Gasteiger charge is -2.35. The number of nitrogens with one attached hydrogen (secondary N) is 2. The second-order valence-corrected chi connectivity index (χ2v) is 12.6. The van der Waals surface area contributed by atoms with Crippen LogP contribution in [0, 0.1) is 5.41 Å². The number of anilines is 3. The molecule has 1 saturated carbocycles. The van der Waals surface area contributed by atoms with Crippen molar-refractivity contribution in [2.24, 2.45) is 5.41 Å². The van der Waals surface area contributed by atoms with Gasteiger partial charge >= 0.3 is 0 Å². The predicted molar refractivity (Wildman–Crippen MR) is 126 cm³/mol. The monoisotopic (exact) mass is 477 g/mol. The van der Waals surface area contributed by atoms with Crippen molar-refractivity contribution in [3.63, 3.8) is 0 Å². The number of carbonyl (C=O) groups excluding carboxylic acids is 1. The minimum Gasteiger partial charge on any atom is -0.371 e. The molecule has 1 saturated heterocycles. The molecule has 32 heavy (non-hydrogen) atoms. The number of rotatable bonds is 6. The first-order valence-corrected chi connectivity index (χ1v) is 14.2. The lowest BCUT2D eigenvalue weighted by molar-refractivity contribution is 0.102. The molecule has 2 aliphatic rings. The number of nitrogens with zero attached hydrogens (tertiary/aromatic N) is 1. The van der Waals surface area contributed by atoms with Gasteiger partial charge in [0.25, 0.3) is 5.91 Å². The molecular formula is C22H27N3O5S2. The molecule has 1 amide bonds. The van der Waals surface area contributed by atoms with Gasteiger partial charge in [0, 0.05) is 25.0 Å². The average Bonchev–Trinajstić information content (AvgIpc) is 3.45. The SMILES string of the molecule is CS(=O)(=O)Nc1ccc(C(=O)Nc2cccc(S(C)(=O)=O)c2)c(N2CCC3(CC2)CC3)c1. The van der Waals surface area contributed by atoms with Crippen molar-refractivity contribution in [3.8, 4) is 0 Å². The first kappa shape index (κ1) is 22.6. The standard InChI is InChI=1S/C22H27N3O5S2/c1-31(27,28)18-5-3-4-16(14-18)23-21(26)19-7-6-17(24-32(2,29)30)15-20(19)25-12-10-22(8-9-22)11-13-25/h3-7,14-15,24H,8-13H2,1-2H3,(H,23,26). The first-order valence-electron chi connectivity index (χ1n) is 10.4. The number of piperidine rings is 1. The smallest absolute Gasteiger partial charge is 0.257 e. The van der Waals surface area contributed by atoms with E-state index in [1.54, 1.807) is 30.3 Å². The number of hydrogen-bond donors (Lipinski definition) is 2. The number of carbonyl (C=O) groups is 1. The van der Waals surface area contributed by atoms with Crippen molar-refractivity contribution >= 4 is 42.8 Å². The van der Waals surface area contributed by atoms with Crippen molar-refractivity contribution in [2.75, 3.05) is 40.5 Å². The van der Waals surface area contributed by atoms with E-state index in [0.717, 1.165) is 38.4 Å². The van der Waals surface area contributed by atoms with Gasteiger partial charge in [-0.05, 0) is 67.5 Å². The highest BCUT2D eigenvalue weighted by molar-refractivity contribution is 7.92. The first-order chi connectivity index (χ1) is 14.9. The third kappa shape index (κ3) is 5.24. The van der Waals surface area contributed by atoms with E-state index in [4.69, 9.17) is 0 Å². The number of amides is 1. The number of sulfone groups is 1. The highest BCUT2D eigenvalue weighted by atomic mass is 32.2. The van der Waals surface area contributed by atoms with E-state index in [9.17, 15) is 21.6 Å². The molecule has 1 spiro atoms. The van der Waals surface area contributed by atoms with Crippen LogP contribution in [-0.2, 0) is 19.9 Å². The fraction of sp³-hybridized carbons (Fsp3) is 0.409. The highest BCUT2D eigenvalue weighted by Gasteiger charge is 2.44. The fourth-order valence-electron chi connectivity index (χ4n) is 4.16. The molecule has 10 heteroatoms. The maximum atomic E-state index is 13.1. The van der Waals surface area contributed by atoms with Gasteiger partial charge in [-0.25, -0.2) is 16.8 Å². The van der Waals surface area contributed by atoms with E-state index in [1.165, 1.54) is 25.0 Å². The molecule has 8 nitrogen and oxygen atoms in total. The Kier molecular flexibility index (Phi) is 5.70. The molecule has 2 fully saturated rings. The zero-order chi connectivity index (χ0) is 23.1. The van der Waals surface area contributed by atoms with E-state index >= 15 is 0 Å². The van der Waals surface area contributed by atoms with Crippen molar-refractivity contribution in [1.29, 1.82) is 0 Å². The summed E-state index contributed by atoms with van der Waals surface area (Å²) in [4.78, 5) is 15.4. The van der Waals surface area contributed by atoms with Gasteiger partial charge in [0.2, 0.25) is 10.0 Å². The van der Waals surface area contributed by atoms with Crippen LogP contribution in [0.25, 0.3) is 0 Å². The quantitative estimate of drug-likeness (QED) is 0.661. The molecule has 172 valence electrons. The van der Waals surface area contributed by atoms with Gasteiger partial charge in [0.15, 0.2) is 9.84 Å². The summed E-state index contributed by atoms with van der Waals surface area (Å²) >= 11 is 0. The Morgan fingerprint density at radius 1 is 0.906 bits per heavy atom. The molecular weight excluding hydrogens is 450 g/mol. The Bertz CT molecular complexity index is 1260. The van der Waals surface area contributed by atoms with E-state index in [-0.39, 0.29) is 10.8 Å². The van der Waals surface area contributed by atoms with Crippen LogP contribution in [0.2, 0.25) is 0 Å².